The minimum atomic E-state index is -1.27. The molecule has 0 fully saturated rings. The van der Waals surface area contributed by atoms with Gasteiger partial charge in [-0.25, -0.2) is 13.8 Å². The van der Waals surface area contributed by atoms with E-state index in [1.807, 2.05) is 41.8 Å². The average molecular weight is 343 g/mol. The molecule has 1 atom stereocenters. The summed E-state index contributed by atoms with van der Waals surface area (Å²) in [5.74, 6) is -0.664. The lowest BCUT2D eigenvalue weighted by Crippen LogP contribution is -2.23. The fraction of sp³-hybridized carbons (Fsp3) is 0.211. The molecule has 0 aliphatic heterocycles. The molecule has 4 nitrogen and oxygen atoms in total. The maximum Gasteiger partial charge on any atom is 0.131 e. The number of halogens is 2. The highest BCUT2D eigenvalue weighted by Gasteiger charge is 2.17. The molecule has 1 heterocycles. The van der Waals surface area contributed by atoms with Gasteiger partial charge in [0.25, 0.3) is 0 Å². The van der Waals surface area contributed by atoms with Gasteiger partial charge in [0, 0.05) is 18.8 Å². The van der Waals surface area contributed by atoms with Crippen LogP contribution in [0.5, 0.6) is 0 Å². The predicted molar refractivity (Wildman–Crippen MR) is 91.3 cm³/mol. The SMILES string of the molecule is Cc1ncc(CNC[C@@H](O)c2c(F)cccc2F)n1-c1ccccc1. The Labute approximate surface area is 144 Å². The maximum atomic E-state index is 13.7. The Bertz CT molecular complexity index is 829. The van der Waals surface area contributed by atoms with Gasteiger partial charge in [-0.05, 0) is 31.2 Å². The molecule has 3 aromatic rings. The van der Waals surface area contributed by atoms with Gasteiger partial charge in [-0.15, -0.1) is 0 Å². The second-order valence-corrected chi connectivity index (χ2v) is 5.75. The number of aromatic nitrogens is 2. The Hall–Kier alpha value is -2.57. The summed E-state index contributed by atoms with van der Waals surface area (Å²) < 4.78 is 29.4. The normalized spacial score (nSPS) is 12.3. The van der Waals surface area contributed by atoms with E-state index in [4.69, 9.17) is 0 Å². The van der Waals surface area contributed by atoms with Gasteiger partial charge < -0.3 is 10.4 Å². The van der Waals surface area contributed by atoms with Crippen LogP contribution >= 0.6 is 0 Å². The number of aliphatic hydroxyl groups is 1. The zero-order valence-corrected chi connectivity index (χ0v) is 13.8. The van der Waals surface area contributed by atoms with Crippen molar-refractivity contribution in [2.75, 3.05) is 6.54 Å². The number of imidazole rings is 1. The second-order valence-electron chi connectivity index (χ2n) is 5.75. The van der Waals surface area contributed by atoms with Crippen molar-refractivity contribution in [1.82, 2.24) is 14.9 Å². The fourth-order valence-corrected chi connectivity index (χ4v) is 2.81. The average Bonchev–Trinajstić information content (AvgIpc) is 2.96. The van der Waals surface area contributed by atoms with E-state index < -0.39 is 17.7 Å². The van der Waals surface area contributed by atoms with Crippen LogP contribution in [-0.2, 0) is 6.54 Å². The number of aryl methyl sites for hydroxylation is 1. The van der Waals surface area contributed by atoms with E-state index in [2.05, 4.69) is 10.3 Å². The number of rotatable bonds is 6. The van der Waals surface area contributed by atoms with E-state index in [0.717, 1.165) is 29.3 Å². The minimum absolute atomic E-state index is 0.0247. The van der Waals surface area contributed by atoms with Crippen LogP contribution in [0.25, 0.3) is 5.69 Å². The summed E-state index contributed by atoms with van der Waals surface area (Å²) >= 11 is 0. The molecule has 0 amide bonds. The Balaban J connectivity index is 1.69. The van der Waals surface area contributed by atoms with Crippen LogP contribution in [0.15, 0.2) is 54.7 Å². The van der Waals surface area contributed by atoms with Crippen LogP contribution in [0.3, 0.4) is 0 Å². The van der Waals surface area contributed by atoms with Crippen LogP contribution in [0, 0.1) is 18.6 Å². The molecule has 6 heteroatoms. The summed E-state index contributed by atoms with van der Waals surface area (Å²) in [6.07, 6.45) is 0.473. The summed E-state index contributed by atoms with van der Waals surface area (Å²) in [6, 6.07) is 13.3. The zero-order chi connectivity index (χ0) is 17.8. The largest absolute Gasteiger partial charge is 0.387 e. The van der Waals surface area contributed by atoms with Gasteiger partial charge in [-0.2, -0.15) is 0 Å². The highest BCUT2D eigenvalue weighted by molar-refractivity contribution is 5.35. The van der Waals surface area contributed by atoms with Gasteiger partial charge in [0.2, 0.25) is 0 Å². The lowest BCUT2D eigenvalue weighted by molar-refractivity contribution is 0.164. The minimum Gasteiger partial charge on any atom is -0.387 e. The van der Waals surface area contributed by atoms with Crippen molar-refractivity contribution < 1.29 is 13.9 Å². The first-order valence-corrected chi connectivity index (χ1v) is 7.99. The van der Waals surface area contributed by atoms with Crippen molar-refractivity contribution in [2.24, 2.45) is 0 Å². The van der Waals surface area contributed by atoms with Crippen LogP contribution < -0.4 is 5.32 Å². The van der Waals surface area contributed by atoms with Gasteiger partial charge in [0.1, 0.15) is 17.5 Å². The van der Waals surface area contributed by atoms with Crippen LogP contribution in [0.1, 0.15) is 23.2 Å². The van der Waals surface area contributed by atoms with Crippen LogP contribution in [0.4, 0.5) is 8.78 Å². The highest BCUT2D eigenvalue weighted by Crippen LogP contribution is 2.20. The number of nitrogens with one attached hydrogen (secondary N) is 1. The molecule has 1 aromatic heterocycles. The van der Waals surface area contributed by atoms with E-state index in [9.17, 15) is 13.9 Å². The van der Waals surface area contributed by atoms with Gasteiger partial charge >= 0.3 is 0 Å². The summed E-state index contributed by atoms with van der Waals surface area (Å²) in [5, 5.41) is 13.1. The van der Waals surface area contributed by atoms with E-state index in [0.29, 0.717) is 6.54 Å². The van der Waals surface area contributed by atoms with E-state index in [-0.39, 0.29) is 12.1 Å². The molecule has 0 aliphatic carbocycles. The molecule has 0 spiro atoms. The quantitative estimate of drug-likeness (QED) is 0.722. The van der Waals surface area contributed by atoms with E-state index in [1.54, 1.807) is 6.20 Å². The molecule has 0 saturated carbocycles. The second kappa shape index (κ2) is 7.55. The third-order valence-corrected chi connectivity index (χ3v) is 4.00. The molecule has 0 unspecified atom stereocenters. The maximum absolute atomic E-state index is 13.7. The fourth-order valence-electron chi connectivity index (χ4n) is 2.81. The lowest BCUT2D eigenvalue weighted by atomic mass is 10.1. The summed E-state index contributed by atoms with van der Waals surface area (Å²) in [4.78, 5) is 4.32. The number of nitrogens with zero attached hydrogens (tertiary/aromatic N) is 2. The summed E-state index contributed by atoms with van der Waals surface area (Å²) in [5.41, 5.74) is 1.56. The number of hydrogen-bond acceptors (Lipinski definition) is 3. The monoisotopic (exact) mass is 343 g/mol. The Morgan fingerprint density at radius 2 is 1.76 bits per heavy atom. The van der Waals surface area contributed by atoms with Gasteiger partial charge in [0.15, 0.2) is 0 Å². The number of benzene rings is 2. The molecule has 0 bridgehead atoms. The van der Waals surface area contributed by atoms with Crippen molar-refractivity contribution >= 4 is 0 Å². The Morgan fingerprint density at radius 3 is 2.44 bits per heavy atom. The lowest BCUT2D eigenvalue weighted by Gasteiger charge is -2.15. The molecule has 0 radical (unpaired) electrons. The molecule has 2 aromatic carbocycles. The number of hydrogen-bond donors (Lipinski definition) is 2. The standard InChI is InChI=1S/C19H19F2N3O/c1-13-23-11-15(24(13)14-6-3-2-4-7-14)10-22-12-18(25)19-16(20)8-5-9-17(19)21/h2-9,11,18,22,25H,10,12H2,1H3/t18-/m1/s1. The molecule has 2 N–H and O–H groups in total. The van der Waals surface area contributed by atoms with Crippen molar-refractivity contribution in [2.45, 2.75) is 19.6 Å². The smallest absolute Gasteiger partial charge is 0.131 e. The highest BCUT2D eigenvalue weighted by atomic mass is 19.1. The van der Waals surface area contributed by atoms with Gasteiger partial charge in [0.05, 0.1) is 23.6 Å². The number of para-hydroxylation sites is 1. The predicted octanol–water partition coefficient (Wildman–Crippen LogP) is 3.28. The van der Waals surface area contributed by atoms with E-state index in [1.165, 1.54) is 6.07 Å². The topological polar surface area (TPSA) is 50.1 Å². The van der Waals surface area contributed by atoms with Crippen molar-refractivity contribution in [1.29, 1.82) is 0 Å². The molecule has 130 valence electrons. The third-order valence-electron chi connectivity index (χ3n) is 4.00. The van der Waals surface area contributed by atoms with Crippen LogP contribution in [-0.4, -0.2) is 21.2 Å². The molecular formula is C19H19F2N3O. The molecular weight excluding hydrogens is 324 g/mol. The van der Waals surface area contributed by atoms with E-state index >= 15 is 0 Å². The first-order valence-electron chi connectivity index (χ1n) is 7.99. The first kappa shape index (κ1) is 17.3. The van der Waals surface area contributed by atoms with Crippen molar-refractivity contribution in [3.05, 3.63) is 83.4 Å². The summed E-state index contributed by atoms with van der Waals surface area (Å²) in [7, 11) is 0. The Morgan fingerprint density at radius 1 is 1.08 bits per heavy atom. The molecule has 0 aliphatic rings. The number of aliphatic hydroxyl groups excluding tert-OH is 1. The molecule has 25 heavy (non-hydrogen) atoms. The first-order chi connectivity index (χ1) is 12.1. The van der Waals surface area contributed by atoms with Crippen molar-refractivity contribution in [3.8, 4) is 5.69 Å². The third kappa shape index (κ3) is 3.75. The van der Waals surface area contributed by atoms with Crippen molar-refractivity contribution in [3.63, 3.8) is 0 Å². The summed E-state index contributed by atoms with van der Waals surface area (Å²) in [6.45, 7) is 2.33. The molecule has 3 rings (SSSR count). The Kier molecular flexibility index (Phi) is 5.21. The molecule has 0 saturated heterocycles. The van der Waals surface area contributed by atoms with Crippen LogP contribution in [0.2, 0.25) is 0 Å². The van der Waals surface area contributed by atoms with Gasteiger partial charge in [-0.3, -0.25) is 4.57 Å². The van der Waals surface area contributed by atoms with Gasteiger partial charge in [-0.1, -0.05) is 24.3 Å². The zero-order valence-electron chi connectivity index (χ0n) is 13.8.